The fourth-order valence-corrected chi connectivity index (χ4v) is 2.15. The molecule has 2 aromatic carbocycles. The number of ether oxygens (including phenoxy) is 1. The van der Waals surface area contributed by atoms with Crippen LogP contribution in [0.25, 0.3) is 0 Å². The molecule has 0 bridgehead atoms. The van der Waals surface area contributed by atoms with Crippen LogP contribution in [0, 0.1) is 5.82 Å². The maximum absolute atomic E-state index is 13.0. The fourth-order valence-electron chi connectivity index (χ4n) is 2.15. The minimum Gasteiger partial charge on any atom is -0.478 e. The van der Waals surface area contributed by atoms with Gasteiger partial charge in [0.2, 0.25) is 5.88 Å². The summed E-state index contributed by atoms with van der Waals surface area (Å²) in [5, 5.41) is 11.5. The molecule has 0 saturated carbocycles. The number of hydrogen-bond acceptors (Lipinski definition) is 4. The molecule has 1 amide bonds. The van der Waals surface area contributed by atoms with E-state index in [1.807, 2.05) is 0 Å². The van der Waals surface area contributed by atoms with Gasteiger partial charge in [0.1, 0.15) is 17.1 Å². The molecule has 0 unspecified atom stereocenters. The molecule has 7 heteroatoms. The molecule has 0 aliphatic heterocycles. The number of amides is 1. The summed E-state index contributed by atoms with van der Waals surface area (Å²) < 4.78 is 18.5. The van der Waals surface area contributed by atoms with E-state index < -0.39 is 17.7 Å². The third kappa shape index (κ3) is 4.02. The number of carboxylic acids is 1. The van der Waals surface area contributed by atoms with Gasteiger partial charge in [-0.2, -0.15) is 0 Å². The van der Waals surface area contributed by atoms with Crippen LogP contribution in [0.5, 0.6) is 11.6 Å². The average molecular weight is 352 g/mol. The van der Waals surface area contributed by atoms with Crippen molar-refractivity contribution in [2.45, 2.75) is 0 Å². The summed E-state index contributed by atoms with van der Waals surface area (Å²) in [4.78, 5) is 27.4. The van der Waals surface area contributed by atoms with Gasteiger partial charge in [-0.15, -0.1) is 0 Å². The molecule has 0 aliphatic rings. The van der Waals surface area contributed by atoms with Crippen molar-refractivity contribution in [2.24, 2.45) is 0 Å². The Morgan fingerprint density at radius 2 is 1.69 bits per heavy atom. The monoisotopic (exact) mass is 352 g/mol. The lowest BCUT2D eigenvalue weighted by molar-refractivity contribution is 0.0696. The minimum atomic E-state index is -1.05. The Bertz CT molecular complexity index is 941. The zero-order chi connectivity index (χ0) is 18.5. The number of hydrogen-bond donors (Lipinski definition) is 2. The quantitative estimate of drug-likeness (QED) is 0.725. The molecule has 0 radical (unpaired) electrons. The smallest absolute Gasteiger partial charge is 0.335 e. The molecule has 26 heavy (non-hydrogen) atoms. The third-order valence-corrected chi connectivity index (χ3v) is 3.43. The molecule has 130 valence electrons. The van der Waals surface area contributed by atoms with Crippen LogP contribution in [0.2, 0.25) is 0 Å². The molecule has 3 aromatic rings. The lowest BCUT2D eigenvalue weighted by atomic mass is 10.2. The normalized spacial score (nSPS) is 10.2. The number of rotatable bonds is 5. The van der Waals surface area contributed by atoms with Crippen molar-refractivity contribution in [2.75, 3.05) is 5.32 Å². The van der Waals surface area contributed by atoms with E-state index in [0.717, 1.165) is 0 Å². The molecule has 1 aromatic heterocycles. The molecule has 3 rings (SSSR count). The van der Waals surface area contributed by atoms with Crippen LogP contribution in [0.3, 0.4) is 0 Å². The fraction of sp³-hybridized carbons (Fsp3) is 0. The summed E-state index contributed by atoms with van der Waals surface area (Å²) in [6, 6.07) is 14.2. The predicted octanol–water partition coefficient (Wildman–Crippen LogP) is 3.96. The Kier molecular flexibility index (Phi) is 4.89. The number of nitrogens with zero attached hydrogens (tertiary/aromatic N) is 1. The summed E-state index contributed by atoms with van der Waals surface area (Å²) >= 11 is 0. The number of nitrogens with one attached hydrogen (secondary N) is 1. The second-order valence-electron chi connectivity index (χ2n) is 5.25. The molecule has 0 fully saturated rings. The topological polar surface area (TPSA) is 88.5 Å². The van der Waals surface area contributed by atoms with Gasteiger partial charge >= 0.3 is 5.97 Å². The van der Waals surface area contributed by atoms with Crippen molar-refractivity contribution in [3.05, 3.63) is 83.8 Å². The van der Waals surface area contributed by atoms with E-state index in [9.17, 15) is 14.0 Å². The minimum absolute atomic E-state index is 0.0650. The van der Waals surface area contributed by atoms with Crippen LogP contribution in [0.1, 0.15) is 20.7 Å². The van der Waals surface area contributed by atoms with Crippen molar-refractivity contribution >= 4 is 17.6 Å². The maximum Gasteiger partial charge on any atom is 0.335 e. The van der Waals surface area contributed by atoms with Gasteiger partial charge in [-0.05, 0) is 60.7 Å². The van der Waals surface area contributed by atoms with Gasteiger partial charge in [-0.1, -0.05) is 0 Å². The summed E-state index contributed by atoms with van der Waals surface area (Å²) in [5.74, 6) is -1.52. The molecule has 6 nitrogen and oxygen atoms in total. The van der Waals surface area contributed by atoms with Gasteiger partial charge in [-0.3, -0.25) is 4.79 Å². The zero-order valence-electron chi connectivity index (χ0n) is 13.3. The number of carboxylic acid groups (broad SMARTS) is 1. The number of anilines is 1. The van der Waals surface area contributed by atoms with E-state index in [0.29, 0.717) is 11.4 Å². The first-order valence-corrected chi connectivity index (χ1v) is 7.56. The van der Waals surface area contributed by atoms with Crippen LogP contribution in [-0.4, -0.2) is 22.0 Å². The Labute approximate surface area is 147 Å². The lowest BCUT2D eigenvalue weighted by Crippen LogP contribution is -2.13. The first-order chi connectivity index (χ1) is 12.5. The number of pyridine rings is 1. The number of carbonyl (C=O) groups excluding carboxylic acids is 1. The molecule has 0 saturated heterocycles. The van der Waals surface area contributed by atoms with E-state index in [-0.39, 0.29) is 17.0 Å². The maximum atomic E-state index is 13.0. The van der Waals surface area contributed by atoms with Gasteiger partial charge in [0.25, 0.3) is 5.91 Å². The summed E-state index contributed by atoms with van der Waals surface area (Å²) in [6.45, 7) is 0. The second-order valence-corrected chi connectivity index (χ2v) is 5.25. The van der Waals surface area contributed by atoms with Crippen molar-refractivity contribution in [1.82, 2.24) is 4.98 Å². The Hall–Kier alpha value is -3.74. The van der Waals surface area contributed by atoms with Gasteiger partial charge in [-0.25, -0.2) is 14.2 Å². The second kappa shape index (κ2) is 7.43. The first kappa shape index (κ1) is 17.1. The molecular weight excluding hydrogens is 339 g/mol. The van der Waals surface area contributed by atoms with Crippen molar-refractivity contribution in [3.8, 4) is 11.6 Å². The van der Waals surface area contributed by atoms with E-state index in [1.165, 1.54) is 60.8 Å². The first-order valence-electron chi connectivity index (χ1n) is 7.56. The number of aromatic carboxylic acids is 1. The van der Waals surface area contributed by atoms with Crippen LogP contribution in [0.4, 0.5) is 10.1 Å². The van der Waals surface area contributed by atoms with E-state index in [1.54, 1.807) is 6.07 Å². The highest BCUT2D eigenvalue weighted by Gasteiger charge is 2.15. The van der Waals surface area contributed by atoms with Gasteiger partial charge < -0.3 is 15.2 Å². The molecule has 0 spiro atoms. The largest absolute Gasteiger partial charge is 0.478 e. The number of aromatic nitrogens is 1. The molecule has 0 aliphatic carbocycles. The predicted molar refractivity (Wildman–Crippen MR) is 92.1 cm³/mol. The highest BCUT2D eigenvalue weighted by Crippen LogP contribution is 2.24. The number of halogens is 1. The zero-order valence-corrected chi connectivity index (χ0v) is 13.3. The van der Waals surface area contributed by atoms with Crippen LogP contribution < -0.4 is 10.1 Å². The number of benzene rings is 2. The summed E-state index contributed by atoms with van der Waals surface area (Å²) in [7, 11) is 0. The van der Waals surface area contributed by atoms with Crippen molar-refractivity contribution in [3.63, 3.8) is 0 Å². The lowest BCUT2D eigenvalue weighted by Gasteiger charge is -2.10. The average Bonchev–Trinajstić information content (AvgIpc) is 2.64. The van der Waals surface area contributed by atoms with Gasteiger partial charge in [0.05, 0.1) is 5.56 Å². The van der Waals surface area contributed by atoms with E-state index >= 15 is 0 Å². The molecule has 0 atom stereocenters. The third-order valence-electron chi connectivity index (χ3n) is 3.43. The van der Waals surface area contributed by atoms with Gasteiger partial charge in [0.15, 0.2) is 0 Å². The van der Waals surface area contributed by atoms with Crippen LogP contribution in [-0.2, 0) is 0 Å². The molecule has 1 heterocycles. The molecule has 2 N–H and O–H groups in total. The van der Waals surface area contributed by atoms with Crippen LogP contribution >= 0.6 is 0 Å². The summed E-state index contributed by atoms with van der Waals surface area (Å²) in [6.07, 6.45) is 1.47. The Morgan fingerprint density at radius 3 is 2.35 bits per heavy atom. The van der Waals surface area contributed by atoms with Crippen molar-refractivity contribution in [1.29, 1.82) is 0 Å². The standard InChI is InChI=1S/C19H13FN2O4/c20-13-5-7-14(8-6-13)22-17(23)16-2-1-11-21-18(16)26-15-9-3-12(4-10-15)19(24)25/h1-11H,(H,22,23)(H,24,25). The highest BCUT2D eigenvalue weighted by atomic mass is 19.1. The Balaban J connectivity index is 1.80. The highest BCUT2D eigenvalue weighted by molar-refractivity contribution is 6.05. The number of carbonyl (C=O) groups is 2. The van der Waals surface area contributed by atoms with E-state index in [4.69, 9.17) is 9.84 Å². The Morgan fingerprint density at radius 1 is 1.00 bits per heavy atom. The van der Waals surface area contributed by atoms with Crippen molar-refractivity contribution < 1.29 is 23.8 Å². The van der Waals surface area contributed by atoms with Crippen LogP contribution in [0.15, 0.2) is 66.9 Å². The SMILES string of the molecule is O=C(O)c1ccc(Oc2ncccc2C(=O)Nc2ccc(F)cc2)cc1. The van der Waals surface area contributed by atoms with E-state index in [2.05, 4.69) is 10.3 Å². The summed E-state index contributed by atoms with van der Waals surface area (Å²) in [5.41, 5.74) is 0.726. The molecular formula is C19H13FN2O4. The van der Waals surface area contributed by atoms with Gasteiger partial charge in [0, 0.05) is 11.9 Å².